The number of anilines is 1. The number of aromatic nitrogens is 3. The van der Waals surface area contributed by atoms with Crippen molar-refractivity contribution in [1.29, 1.82) is 0 Å². The van der Waals surface area contributed by atoms with Crippen LogP contribution in [0.4, 0.5) is 5.13 Å². The maximum absolute atomic E-state index is 12.9. The summed E-state index contributed by atoms with van der Waals surface area (Å²) in [6, 6.07) is 0. The van der Waals surface area contributed by atoms with Crippen molar-refractivity contribution in [1.82, 2.24) is 24.6 Å². The molecule has 0 atom stereocenters. The maximum Gasteiger partial charge on any atom is 0.248 e. The maximum atomic E-state index is 12.9. The lowest BCUT2D eigenvalue weighted by Crippen LogP contribution is -2.51. The zero-order valence-corrected chi connectivity index (χ0v) is 19.8. The van der Waals surface area contributed by atoms with E-state index >= 15 is 0 Å². The highest BCUT2D eigenvalue weighted by molar-refractivity contribution is 8.01. The van der Waals surface area contributed by atoms with E-state index in [2.05, 4.69) is 20.3 Å². The molecule has 0 N–H and O–H groups in total. The summed E-state index contributed by atoms with van der Waals surface area (Å²) in [4.78, 5) is 16.6. The minimum absolute atomic E-state index is 0.0393. The first kappa shape index (κ1) is 22.5. The minimum atomic E-state index is -3.69. The van der Waals surface area contributed by atoms with Gasteiger partial charge in [-0.1, -0.05) is 28.3 Å². The van der Waals surface area contributed by atoms with Crippen LogP contribution in [0.1, 0.15) is 11.5 Å². The third kappa shape index (κ3) is 4.87. The summed E-state index contributed by atoms with van der Waals surface area (Å²) in [6.07, 6.45) is 0. The van der Waals surface area contributed by atoms with Gasteiger partial charge in [0, 0.05) is 39.3 Å². The topological polar surface area (TPSA) is 122 Å². The van der Waals surface area contributed by atoms with E-state index in [1.165, 1.54) is 27.4 Å². The van der Waals surface area contributed by atoms with Gasteiger partial charge in [-0.3, -0.25) is 4.79 Å². The molecule has 0 aliphatic carbocycles. The van der Waals surface area contributed by atoms with E-state index < -0.39 is 10.0 Å². The van der Waals surface area contributed by atoms with Crippen LogP contribution in [0, 0.1) is 13.8 Å². The fraction of sp³-hybridized carbons (Fsp3) is 0.647. The van der Waals surface area contributed by atoms with Gasteiger partial charge in [-0.25, -0.2) is 8.42 Å². The van der Waals surface area contributed by atoms with E-state index in [1.54, 1.807) is 18.7 Å². The Kier molecular flexibility index (Phi) is 6.81. The van der Waals surface area contributed by atoms with Crippen LogP contribution in [0.3, 0.4) is 0 Å². The van der Waals surface area contributed by atoms with Crippen LogP contribution in [0.15, 0.2) is 13.8 Å². The molecule has 11 nitrogen and oxygen atoms in total. The molecule has 0 bridgehead atoms. The highest BCUT2D eigenvalue weighted by atomic mass is 32.2. The summed E-state index contributed by atoms with van der Waals surface area (Å²) in [7, 11) is -3.69. The molecule has 2 fully saturated rings. The largest absolute Gasteiger partial charge is 0.378 e. The third-order valence-corrected chi connectivity index (χ3v) is 9.40. The predicted molar refractivity (Wildman–Crippen MR) is 115 cm³/mol. The fourth-order valence-electron chi connectivity index (χ4n) is 3.51. The van der Waals surface area contributed by atoms with E-state index in [0.29, 0.717) is 32.0 Å². The van der Waals surface area contributed by atoms with Gasteiger partial charge in [-0.2, -0.15) is 4.31 Å². The number of piperazine rings is 1. The molecule has 31 heavy (non-hydrogen) atoms. The van der Waals surface area contributed by atoms with E-state index in [4.69, 9.17) is 9.26 Å². The molecule has 2 saturated heterocycles. The number of rotatable bonds is 6. The van der Waals surface area contributed by atoms with Crippen LogP contribution in [0.2, 0.25) is 0 Å². The number of carbonyl (C=O) groups is 1. The summed E-state index contributed by atoms with van der Waals surface area (Å²) < 4.78 is 38.3. The molecule has 0 saturated carbocycles. The Morgan fingerprint density at radius 1 is 1.10 bits per heavy atom. The Labute approximate surface area is 188 Å². The molecule has 170 valence electrons. The molecule has 2 aliphatic rings. The minimum Gasteiger partial charge on any atom is -0.378 e. The number of amides is 1. The number of sulfonamides is 1. The summed E-state index contributed by atoms with van der Waals surface area (Å²) in [5.74, 6) is 0.484. The monoisotopic (exact) mass is 488 g/mol. The van der Waals surface area contributed by atoms with Crippen LogP contribution >= 0.6 is 23.1 Å². The Hall–Kier alpha value is -1.74. The molecular formula is C17H24N6O5S3. The van der Waals surface area contributed by atoms with Crippen molar-refractivity contribution in [2.24, 2.45) is 0 Å². The Balaban J connectivity index is 1.28. The van der Waals surface area contributed by atoms with Crippen LogP contribution in [-0.2, 0) is 19.6 Å². The Bertz CT molecular complexity index is 1010. The van der Waals surface area contributed by atoms with Gasteiger partial charge in [-0.15, -0.1) is 10.2 Å². The molecule has 0 spiro atoms. The molecule has 1 amide bonds. The van der Waals surface area contributed by atoms with Gasteiger partial charge >= 0.3 is 0 Å². The second-order valence-electron chi connectivity index (χ2n) is 7.18. The van der Waals surface area contributed by atoms with Gasteiger partial charge in [0.15, 0.2) is 10.1 Å². The quantitative estimate of drug-likeness (QED) is 0.534. The lowest BCUT2D eigenvalue weighted by atomic mass is 10.3. The molecule has 2 aliphatic heterocycles. The number of aryl methyl sites for hydroxylation is 2. The van der Waals surface area contributed by atoms with Crippen LogP contribution in [0.25, 0.3) is 0 Å². The van der Waals surface area contributed by atoms with E-state index in [-0.39, 0.29) is 35.4 Å². The lowest BCUT2D eigenvalue weighted by molar-refractivity contribution is -0.129. The summed E-state index contributed by atoms with van der Waals surface area (Å²) in [5, 5.41) is 13.0. The van der Waals surface area contributed by atoms with E-state index in [0.717, 1.165) is 22.6 Å². The first-order valence-corrected chi connectivity index (χ1v) is 13.1. The van der Waals surface area contributed by atoms with Crippen LogP contribution in [0.5, 0.6) is 0 Å². The molecule has 0 aromatic carbocycles. The van der Waals surface area contributed by atoms with Gasteiger partial charge in [0.1, 0.15) is 10.6 Å². The van der Waals surface area contributed by atoms with Crippen molar-refractivity contribution in [3.63, 3.8) is 0 Å². The van der Waals surface area contributed by atoms with Gasteiger partial charge in [0.05, 0.1) is 19.0 Å². The van der Waals surface area contributed by atoms with Gasteiger partial charge < -0.3 is 19.1 Å². The summed E-state index contributed by atoms with van der Waals surface area (Å²) >= 11 is 2.83. The zero-order chi connectivity index (χ0) is 22.0. The second-order valence-corrected chi connectivity index (χ2v) is 11.2. The van der Waals surface area contributed by atoms with Gasteiger partial charge in [0.25, 0.3) is 0 Å². The summed E-state index contributed by atoms with van der Waals surface area (Å²) in [5.41, 5.74) is 0.348. The van der Waals surface area contributed by atoms with Crippen molar-refractivity contribution >= 4 is 44.2 Å². The van der Waals surface area contributed by atoms with E-state index in [9.17, 15) is 13.2 Å². The molecule has 4 rings (SSSR count). The fourth-order valence-corrected chi connectivity index (χ4v) is 7.02. The first-order valence-electron chi connectivity index (χ1n) is 9.86. The first-order chi connectivity index (χ1) is 14.9. The smallest absolute Gasteiger partial charge is 0.248 e. The standard InChI is InChI=1S/C17H24N6O5S3/c1-12-15(13(2)28-20-12)31(25,26)23-5-3-21(4-6-23)14(24)11-29-17-19-18-16(30-17)22-7-9-27-10-8-22/h3-11H2,1-2H3. The number of ether oxygens (including phenoxy) is 1. The van der Waals surface area contributed by atoms with Crippen molar-refractivity contribution in [3.8, 4) is 0 Å². The van der Waals surface area contributed by atoms with Crippen molar-refractivity contribution in [3.05, 3.63) is 11.5 Å². The molecule has 14 heteroatoms. The van der Waals surface area contributed by atoms with Gasteiger partial charge in [-0.05, 0) is 13.8 Å². The number of thioether (sulfide) groups is 1. The Morgan fingerprint density at radius 3 is 2.45 bits per heavy atom. The van der Waals surface area contributed by atoms with Crippen LogP contribution < -0.4 is 4.90 Å². The van der Waals surface area contributed by atoms with Gasteiger partial charge in [0.2, 0.25) is 21.1 Å². The highest BCUT2D eigenvalue weighted by Crippen LogP contribution is 2.29. The highest BCUT2D eigenvalue weighted by Gasteiger charge is 2.34. The average molecular weight is 489 g/mol. The molecule has 0 unspecified atom stereocenters. The summed E-state index contributed by atoms with van der Waals surface area (Å²) in [6.45, 7) is 7.30. The zero-order valence-electron chi connectivity index (χ0n) is 17.3. The molecule has 4 heterocycles. The lowest BCUT2D eigenvalue weighted by Gasteiger charge is -2.33. The predicted octanol–water partition coefficient (Wildman–Crippen LogP) is 0.605. The molecule has 2 aromatic heterocycles. The average Bonchev–Trinajstić information content (AvgIpc) is 3.39. The number of nitrogens with zero attached hydrogens (tertiary/aromatic N) is 6. The number of morpholine rings is 1. The normalized spacial score (nSPS) is 18.5. The molecule has 2 aromatic rings. The number of hydrogen-bond acceptors (Lipinski definition) is 11. The van der Waals surface area contributed by atoms with Crippen molar-refractivity contribution < 1.29 is 22.5 Å². The number of hydrogen-bond donors (Lipinski definition) is 0. The third-order valence-electron chi connectivity index (χ3n) is 5.15. The van der Waals surface area contributed by atoms with Crippen LogP contribution in [-0.4, -0.2) is 97.1 Å². The molecular weight excluding hydrogens is 464 g/mol. The van der Waals surface area contributed by atoms with Crippen molar-refractivity contribution in [2.75, 3.05) is 63.1 Å². The van der Waals surface area contributed by atoms with E-state index in [1.807, 2.05) is 0 Å². The number of carbonyl (C=O) groups excluding carboxylic acids is 1. The Morgan fingerprint density at radius 2 is 1.81 bits per heavy atom. The molecule has 0 radical (unpaired) electrons. The SMILES string of the molecule is Cc1noc(C)c1S(=O)(=O)N1CCN(C(=O)CSc2nnc(N3CCOCC3)s2)CC1. The van der Waals surface area contributed by atoms with Crippen molar-refractivity contribution in [2.45, 2.75) is 23.1 Å². The second kappa shape index (κ2) is 9.40.